The average molecular weight is 478 g/mol. The summed E-state index contributed by atoms with van der Waals surface area (Å²) in [4.78, 5) is 27.4. The number of methoxy groups -OCH3 is 1. The molecule has 1 aliphatic heterocycles. The first-order valence-electron chi connectivity index (χ1n) is 10.2. The minimum Gasteiger partial charge on any atom is -0.507 e. The molecule has 0 aliphatic carbocycles. The van der Waals surface area contributed by atoms with E-state index in [0.29, 0.717) is 39.9 Å². The van der Waals surface area contributed by atoms with E-state index in [2.05, 4.69) is 0 Å². The average Bonchev–Trinajstić information content (AvgIpc) is 3.00. The van der Waals surface area contributed by atoms with Gasteiger partial charge in [-0.1, -0.05) is 41.4 Å². The van der Waals surface area contributed by atoms with Crippen LogP contribution in [0.1, 0.15) is 37.4 Å². The maximum absolute atomic E-state index is 13.0. The normalized spacial score (nSPS) is 17.9. The Morgan fingerprint density at radius 1 is 1.16 bits per heavy atom. The number of ketones is 1. The number of carbonyl (C=O) groups is 2. The van der Waals surface area contributed by atoms with Crippen molar-refractivity contribution in [3.05, 3.63) is 69.2 Å². The molecule has 0 radical (unpaired) electrons. The van der Waals surface area contributed by atoms with Gasteiger partial charge in [0.05, 0.1) is 24.8 Å². The van der Waals surface area contributed by atoms with Crippen LogP contribution in [0.4, 0.5) is 0 Å². The number of aliphatic hydroxyl groups is 1. The quantitative estimate of drug-likeness (QED) is 0.243. The molecule has 1 atom stereocenters. The molecule has 0 bridgehead atoms. The van der Waals surface area contributed by atoms with Crippen molar-refractivity contribution in [3.63, 3.8) is 0 Å². The molecule has 1 amide bonds. The molecule has 32 heavy (non-hydrogen) atoms. The van der Waals surface area contributed by atoms with E-state index in [4.69, 9.17) is 32.7 Å². The molecule has 0 spiro atoms. The second kappa shape index (κ2) is 10.4. The van der Waals surface area contributed by atoms with Gasteiger partial charge < -0.3 is 19.5 Å². The molecule has 1 saturated heterocycles. The van der Waals surface area contributed by atoms with Gasteiger partial charge in [-0.3, -0.25) is 9.59 Å². The Labute approximate surface area is 197 Å². The van der Waals surface area contributed by atoms with Crippen LogP contribution in [-0.4, -0.2) is 48.1 Å². The fraction of sp³-hybridized carbons (Fsp3) is 0.333. The second-order valence-corrected chi connectivity index (χ2v) is 8.51. The van der Waals surface area contributed by atoms with Gasteiger partial charge in [0.25, 0.3) is 11.7 Å². The number of amides is 1. The molecule has 8 heteroatoms. The molecule has 2 aromatic rings. The van der Waals surface area contributed by atoms with Crippen LogP contribution < -0.4 is 4.74 Å². The molecule has 0 saturated carbocycles. The largest absolute Gasteiger partial charge is 0.507 e. The number of hydrogen-bond donors (Lipinski definition) is 1. The van der Waals surface area contributed by atoms with Crippen molar-refractivity contribution in [3.8, 4) is 5.75 Å². The van der Waals surface area contributed by atoms with Crippen LogP contribution in [0.3, 0.4) is 0 Å². The summed E-state index contributed by atoms with van der Waals surface area (Å²) >= 11 is 12.5. The van der Waals surface area contributed by atoms with Crippen molar-refractivity contribution in [2.45, 2.75) is 32.4 Å². The number of ether oxygens (including phenoxy) is 2. The highest BCUT2D eigenvalue weighted by molar-refractivity contribution is 6.47. The van der Waals surface area contributed by atoms with Crippen molar-refractivity contribution in [2.24, 2.45) is 0 Å². The monoisotopic (exact) mass is 477 g/mol. The summed E-state index contributed by atoms with van der Waals surface area (Å²) in [5, 5.41) is 11.8. The Balaban J connectivity index is 2.09. The fourth-order valence-electron chi connectivity index (χ4n) is 3.64. The zero-order chi connectivity index (χ0) is 23.4. The maximum Gasteiger partial charge on any atom is 0.295 e. The van der Waals surface area contributed by atoms with Gasteiger partial charge in [0.2, 0.25) is 0 Å². The van der Waals surface area contributed by atoms with E-state index >= 15 is 0 Å². The molecule has 0 aromatic heterocycles. The van der Waals surface area contributed by atoms with E-state index in [0.717, 1.165) is 0 Å². The van der Waals surface area contributed by atoms with Gasteiger partial charge in [-0.2, -0.15) is 0 Å². The molecular formula is C24H25Cl2NO5. The summed E-state index contributed by atoms with van der Waals surface area (Å²) < 4.78 is 10.8. The van der Waals surface area contributed by atoms with Gasteiger partial charge in [0.1, 0.15) is 11.5 Å². The van der Waals surface area contributed by atoms with E-state index < -0.39 is 17.7 Å². The highest BCUT2D eigenvalue weighted by Crippen LogP contribution is 2.42. The molecule has 1 N–H and O–H groups in total. The number of carbonyl (C=O) groups excluding carboxylic acids is 2. The Morgan fingerprint density at radius 2 is 1.91 bits per heavy atom. The summed E-state index contributed by atoms with van der Waals surface area (Å²) in [6, 6.07) is 10.6. The number of benzene rings is 2. The third kappa shape index (κ3) is 5.09. The molecule has 2 aromatic carbocycles. The third-order valence-electron chi connectivity index (χ3n) is 5.13. The fourth-order valence-corrected chi connectivity index (χ4v) is 4.15. The third-order valence-corrected chi connectivity index (χ3v) is 5.70. The molecule has 3 rings (SSSR count). The van der Waals surface area contributed by atoms with E-state index in [1.165, 1.54) is 12.0 Å². The predicted octanol–water partition coefficient (Wildman–Crippen LogP) is 5.24. The highest BCUT2D eigenvalue weighted by atomic mass is 35.5. The van der Waals surface area contributed by atoms with Crippen LogP contribution in [0.15, 0.2) is 48.0 Å². The van der Waals surface area contributed by atoms with Gasteiger partial charge in [0, 0.05) is 28.8 Å². The molecule has 0 unspecified atom stereocenters. The van der Waals surface area contributed by atoms with Crippen LogP contribution in [0, 0.1) is 0 Å². The SMILES string of the molecule is COc1cccc(C(O)=C2C(=O)C(=O)N(CCCOC(C)C)[C@H]2c2ccc(Cl)cc2Cl)c1. The number of halogens is 2. The Kier molecular flexibility index (Phi) is 7.82. The first-order chi connectivity index (χ1) is 15.2. The van der Waals surface area contributed by atoms with Crippen molar-refractivity contribution in [2.75, 3.05) is 20.3 Å². The van der Waals surface area contributed by atoms with Crippen molar-refractivity contribution in [1.29, 1.82) is 0 Å². The number of rotatable bonds is 8. The number of nitrogens with zero attached hydrogens (tertiary/aromatic N) is 1. The highest BCUT2D eigenvalue weighted by Gasteiger charge is 2.46. The van der Waals surface area contributed by atoms with Gasteiger partial charge in [0.15, 0.2) is 0 Å². The predicted molar refractivity (Wildman–Crippen MR) is 124 cm³/mol. The van der Waals surface area contributed by atoms with Crippen LogP contribution in [0.2, 0.25) is 10.0 Å². The molecular weight excluding hydrogens is 453 g/mol. The molecule has 1 heterocycles. The Morgan fingerprint density at radius 3 is 2.56 bits per heavy atom. The van der Waals surface area contributed by atoms with Crippen molar-refractivity contribution >= 4 is 40.7 Å². The minimum absolute atomic E-state index is 0.0303. The van der Waals surface area contributed by atoms with E-state index in [9.17, 15) is 14.7 Å². The van der Waals surface area contributed by atoms with Crippen LogP contribution in [0.25, 0.3) is 5.76 Å². The number of Topliss-reactive ketones (excluding diaryl/α,β-unsaturated/α-hetero) is 1. The lowest BCUT2D eigenvalue weighted by molar-refractivity contribution is -0.140. The van der Waals surface area contributed by atoms with Crippen molar-refractivity contribution in [1.82, 2.24) is 4.90 Å². The van der Waals surface area contributed by atoms with E-state index in [-0.39, 0.29) is 24.0 Å². The zero-order valence-electron chi connectivity index (χ0n) is 18.1. The molecule has 1 fully saturated rings. The zero-order valence-corrected chi connectivity index (χ0v) is 19.6. The topological polar surface area (TPSA) is 76.1 Å². The van der Waals surface area contributed by atoms with Gasteiger partial charge >= 0.3 is 0 Å². The van der Waals surface area contributed by atoms with E-state index in [1.54, 1.807) is 42.5 Å². The lowest BCUT2D eigenvalue weighted by atomic mass is 9.95. The summed E-state index contributed by atoms with van der Waals surface area (Å²) in [6.07, 6.45) is 0.575. The lowest BCUT2D eigenvalue weighted by Crippen LogP contribution is -2.31. The van der Waals surface area contributed by atoms with Crippen molar-refractivity contribution < 1.29 is 24.2 Å². The Bertz CT molecular complexity index is 1050. The summed E-state index contributed by atoms with van der Waals surface area (Å²) in [6.45, 7) is 4.54. The molecule has 170 valence electrons. The van der Waals surface area contributed by atoms with Gasteiger partial charge in [-0.25, -0.2) is 0 Å². The van der Waals surface area contributed by atoms with E-state index in [1.807, 2.05) is 13.8 Å². The number of aliphatic hydroxyl groups excluding tert-OH is 1. The van der Waals surface area contributed by atoms with Crippen LogP contribution in [0.5, 0.6) is 5.75 Å². The number of likely N-dealkylation sites (tertiary alicyclic amines) is 1. The minimum atomic E-state index is -0.856. The Hall–Kier alpha value is -2.54. The smallest absolute Gasteiger partial charge is 0.295 e. The summed E-state index contributed by atoms with van der Waals surface area (Å²) in [5.74, 6) is -1.25. The van der Waals surface area contributed by atoms with Crippen LogP contribution >= 0.6 is 23.2 Å². The second-order valence-electron chi connectivity index (χ2n) is 7.66. The molecule has 6 nitrogen and oxygen atoms in total. The standard InChI is InChI=1S/C24H25Cl2NO5/c1-14(2)32-11-5-10-27-21(18-9-8-16(25)13-19(18)26)20(23(29)24(27)30)22(28)15-6-4-7-17(12-15)31-3/h4,6-9,12-14,21,28H,5,10-11H2,1-3H3/t21-/m0/s1. The van der Waals surface area contributed by atoms with Gasteiger partial charge in [-0.05, 0) is 50.1 Å². The first kappa shape index (κ1) is 24.1. The van der Waals surface area contributed by atoms with Gasteiger partial charge in [-0.15, -0.1) is 0 Å². The summed E-state index contributed by atoms with van der Waals surface area (Å²) in [5.41, 5.74) is 0.835. The maximum atomic E-state index is 13.0. The lowest BCUT2D eigenvalue weighted by Gasteiger charge is -2.26. The summed E-state index contributed by atoms with van der Waals surface area (Å²) in [7, 11) is 1.50. The first-order valence-corrected chi connectivity index (χ1v) is 11.0. The molecule has 1 aliphatic rings. The number of hydrogen-bond acceptors (Lipinski definition) is 5. The van der Waals surface area contributed by atoms with Crippen LogP contribution in [-0.2, 0) is 14.3 Å².